The first-order valence-electron chi connectivity index (χ1n) is 7.76. The number of carbonyl (C=O) groups excluding carboxylic acids is 1. The maximum Gasteiger partial charge on any atom is 0.223 e. The summed E-state index contributed by atoms with van der Waals surface area (Å²) in [7, 11) is 0. The van der Waals surface area contributed by atoms with E-state index in [1.165, 1.54) is 5.56 Å². The number of amides is 1. The molecule has 124 valence electrons. The van der Waals surface area contributed by atoms with Gasteiger partial charge in [0.2, 0.25) is 5.91 Å². The van der Waals surface area contributed by atoms with Crippen molar-refractivity contribution >= 4 is 18.3 Å². The zero-order valence-corrected chi connectivity index (χ0v) is 14.3. The first-order chi connectivity index (χ1) is 10.1. The van der Waals surface area contributed by atoms with Crippen molar-refractivity contribution in [1.82, 2.24) is 5.32 Å². The Morgan fingerprint density at radius 2 is 2.00 bits per heavy atom. The molecule has 0 spiro atoms. The number of halogens is 1. The van der Waals surface area contributed by atoms with Gasteiger partial charge in [-0.1, -0.05) is 25.0 Å². The zero-order valence-electron chi connectivity index (χ0n) is 13.5. The number of aryl methyl sites for hydroxylation is 1. The number of hydrogen-bond acceptors (Lipinski definition) is 3. The highest BCUT2D eigenvalue weighted by atomic mass is 35.5. The minimum Gasteiger partial charge on any atom is -0.493 e. The van der Waals surface area contributed by atoms with Gasteiger partial charge in [0.05, 0.1) is 18.6 Å². The second kappa shape index (κ2) is 8.39. The molecule has 3 N–H and O–H groups in total. The third-order valence-corrected chi connectivity index (χ3v) is 4.50. The lowest BCUT2D eigenvalue weighted by molar-refractivity contribution is -0.123. The van der Waals surface area contributed by atoms with Crippen LogP contribution < -0.4 is 15.8 Å². The molecule has 4 nitrogen and oxygen atoms in total. The number of ether oxygens (including phenoxy) is 1. The van der Waals surface area contributed by atoms with Crippen molar-refractivity contribution in [3.05, 3.63) is 29.3 Å². The summed E-state index contributed by atoms with van der Waals surface area (Å²) in [5.41, 5.74) is 7.99. The summed E-state index contributed by atoms with van der Waals surface area (Å²) in [4.78, 5) is 12.1. The average Bonchev–Trinajstić information content (AvgIpc) is 2.92. The van der Waals surface area contributed by atoms with Gasteiger partial charge >= 0.3 is 0 Å². The van der Waals surface area contributed by atoms with Gasteiger partial charge in [-0.15, -0.1) is 12.4 Å². The molecule has 1 amide bonds. The van der Waals surface area contributed by atoms with Gasteiger partial charge in [0.15, 0.2) is 0 Å². The zero-order chi connectivity index (χ0) is 15.3. The monoisotopic (exact) mass is 326 g/mol. The van der Waals surface area contributed by atoms with Crippen molar-refractivity contribution in [2.45, 2.75) is 51.5 Å². The minimum atomic E-state index is -0.170. The van der Waals surface area contributed by atoms with Gasteiger partial charge in [0, 0.05) is 6.54 Å². The molecule has 0 radical (unpaired) electrons. The van der Waals surface area contributed by atoms with Crippen LogP contribution in [0.1, 0.15) is 43.2 Å². The van der Waals surface area contributed by atoms with Gasteiger partial charge in [0.1, 0.15) is 5.75 Å². The highest BCUT2D eigenvalue weighted by Gasteiger charge is 2.33. The first kappa shape index (κ1) is 18.8. The van der Waals surface area contributed by atoms with Crippen LogP contribution in [0.4, 0.5) is 0 Å². The number of benzene rings is 1. The van der Waals surface area contributed by atoms with Crippen molar-refractivity contribution in [3.63, 3.8) is 0 Å². The molecule has 2 rings (SSSR count). The number of hydrogen-bond donors (Lipinski definition) is 2. The fourth-order valence-electron chi connectivity index (χ4n) is 2.92. The van der Waals surface area contributed by atoms with Gasteiger partial charge in [0.25, 0.3) is 0 Å². The third kappa shape index (κ3) is 4.62. The van der Waals surface area contributed by atoms with Gasteiger partial charge < -0.3 is 15.8 Å². The molecule has 0 heterocycles. The highest BCUT2D eigenvalue weighted by Crippen LogP contribution is 2.28. The highest BCUT2D eigenvalue weighted by molar-refractivity contribution is 5.85. The molecular formula is C17H27ClN2O2. The lowest BCUT2D eigenvalue weighted by atomic mass is 9.98. The molecule has 0 saturated heterocycles. The fraction of sp³-hybridized carbons (Fsp3) is 0.588. The maximum atomic E-state index is 12.1. The Balaban J connectivity index is 0.00000242. The summed E-state index contributed by atoms with van der Waals surface area (Å²) < 4.78 is 5.73. The molecule has 0 aromatic heterocycles. The molecule has 0 aliphatic heterocycles. The smallest absolute Gasteiger partial charge is 0.223 e. The van der Waals surface area contributed by atoms with Gasteiger partial charge in [-0.3, -0.25) is 4.79 Å². The lowest BCUT2D eigenvalue weighted by Crippen LogP contribution is -2.51. The molecule has 5 heteroatoms. The van der Waals surface area contributed by atoms with Crippen LogP contribution >= 0.6 is 12.4 Å². The standard InChI is InChI=1S/C17H26N2O2.ClH/c1-13-6-5-7-15(14(13)2)21-11-8-16(20)19-17(12-18)9-3-4-10-17;/h5-7H,3-4,8-12,18H2,1-2H3,(H,19,20);1H. The van der Waals surface area contributed by atoms with E-state index in [4.69, 9.17) is 10.5 Å². The number of nitrogens with two attached hydrogens (primary N) is 1. The van der Waals surface area contributed by atoms with Crippen LogP contribution in [0.5, 0.6) is 5.75 Å². The average molecular weight is 327 g/mol. The Hall–Kier alpha value is -1.26. The number of rotatable bonds is 6. The Morgan fingerprint density at radius 1 is 1.32 bits per heavy atom. The van der Waals surface area contributed by atoms with E-state index < -0.39 is 0 Å². The normalized spacial score (nSPS) is 16.0. The molecular weight excluding hydrogens is 300 g/mol. The quantitative estimate of drug-likeness (QED) is 0.845. The third-order valence-electron chi connectivity index (χ3n) is 4.50. The molecule has 1 aliphatic rings. The van der Waals surface area contributed by atoms with E-state index in [2.05, 4.69) is 18.3 Å². The van der Waals surface area contributed by atoms with Crippen LogP contribution in [0.25, 0.3) is 0 Å². The van der Waals surface area contributed by atoms with Crippen LogP contribution in [0.2, 0.25) is 0 Å². The van der Waals surface area contributed by atoms with E-state index >= 15 is 0 Å². The Labute approximate surface area is 139 Å². The van der Waals surface area contributed by atoms with E-state index in [9.17, 15) is 4.79 Å². The van der Waals surface area contributed by atoms with Gasteiger partial charge in [-0.25, -0.2) is 0 Å². The van der Waals surface area contributed by atoms with Crippen LogP contribution in [0.3, 0.4) is 0 Å². The summed E-state index contributed by atoms with van der Waals surface area (Å²) >= 11 is 0. The van der Waals surface area contributed by atoms with Crippen LogP contribution in [0.15, 0.2) is 18.2 Å². The van der Waals surface area contributed by atoms with E-state index in [-0.39, 0.29) is 23.9 Å². The molecule has 1 fully saturated rings. The van der Waals surface area contributed by atoms with Crippen molar-refractivity contribution in [3.8, 4) is 5.75 Å². The maximum absolute atomic E-state index is 12.1. The molecule has 0 unspecified atom stereocenters. The molecule has 0 bridgehead atoms. The molecule has 0 atom stereocenters. The summed E-state index contributed by atoms with van der Waals surface area (Å²) in [5, 5.41) is 3.11. The largest absolute Gasteiger partial charge is 0.493 e. The Kier molecular flexibility index (Phi) is 7.17. The predicted octanol–water partition coefficient (Wildman–Crippen LogP) is 2.88. The summed E-state index contributed by atoms with van der Waals surface area (Å²) in [6.45, 7) is 5.01. The SMILES string of the molecule is Cc1cccc(OCCC(=O)NC2(CN)CCCC2)c1C.Cl. The van der Waals surface area contributed by atoms with Crippen LogP contribution in [0, 0.1) is 13.8 Å². The molecule has 1 aromatic carbocycles. The second-order valence-corrected chi connectivity index (χ2v) is 6.04. The van der Waals surface area contributed by atoms with Crippen LogP contribution in [-0.2, 0) is 4.79 Å². The second-order valence-electron chi connectivity index (χ2n) is 6.04. The van der Waals surface area contributed by atoms with Crippen molar-refractivity contribution < 1.29 is 9.53 Å². The first-order valence-corrected chi connectivity index (χ1v) is 7.76. The lowest BCUT2D eigenvalue weighted by Gasteiger charge is -2.28. The topological polar surface area (TPSA) is 64.3 Å². The van der Waals surface area contributed by atoms with E-state index in [1.54, 1.807) is 0 Å². The summed E-state index contributed by atoms with van der Waals surface area (Å²) in [5.74, 6) is 0.893. The molecule has 1 aromatic rings. The number of nitrogens with one attached hydrogen (secondary N) is 1. The van der Waals surface area contributed by atoms with Crippen molar-refractivity contribution in [1.29, 1.82) is 0 Å². The van der Waals surface area contributed by atoms with Gasteiger partial charge in [-0.2, -0.15) is 0 Å². The van der Waals surface area contributed by atoms with E-state index in [0.717, 1.165) is 37.0 Å². The van der Waals surface area contributed by atoms with Crippen molar-refractivity contribution in [2.75, 3.05) is 13.2 Å². The number of carbonyl (C=O) groups is 1. The Bertz CT molecular complexity index is 499. The molecule has 1 saturated carbocycles. The molecule has 22 heavy (non-hydrogen) atoms. The predicted molar refractivity (Wildman–Crippen MR) is 91.7 cm³/mol. The fourth-order valence-corrected chi connectivity index (χ4v) is 2.92. The van der Waals surface area contributed by atoms with Crippen molar-refractivity contribution in [2.24, 2.45) is 5.73 Å². The Morgan fingerprint density at radius 3 is 2.64 bits per heavy atom. The van der Waals surface area contributed by atoms with Gasteiger partial charge in [-0.05, 0) is 43.9 Å². The van der Waals surface area contributed by atoms with E-state index in [0.29, 0.717) is 19.6 Å². The van der Waals surface area contributed by atoms with Crippen LogP contribution in [-0.4, -0.2) is 24.6 Å². The summed E-state index contributed by atoms with van der Waals surface area (Å²) in [6.07, 6.45) is 4.65. The minimum absolute atomic E-state index is 0. The summed E-state index contributed by atoms with van der Waals surface area (Å²) in [6, 6.07) is 5.97. The molecule has 1 aliphatic carbocycles. The van der Waals surface area contributed by atoms with E-state index in [1.807, 2.05) is 19.1 Å².